The van der Waals surface area contributed by atoms with Crippen LogP contribution in [0.1, 0.15) is 10.6 Å². The van der Waals surface area contributed by atoms with E-state index in [1.807, 2.05) is 0 Å². The number of amides is 2. The SMILES string of the molecule is O=C(CNC(=O)c1ccc(Br)o1)NCC(O)C(F)F. The number of hydrogen-bond acceptors (Lipinski definition) is 4. The van der Waals surface area contributed by atoms with E-state index in [2.05, 4.69) is 26.6 Å². The molecular weight excluding hydrogens is 330 g/mol. The topological polar surface area (TPSA) is 91.6 Å². The lowest BCUT2D eigenvalue weighted by Gasteiger charge is -2.10. The summed E-state index contributed by atoms with van der Waals surface area (Å²) in [6.07, 6.45) is -4.86. The molecule has 0 aliphatic heterocycles. The first-order valence-electron chi connectivity index (χ1n) is 5.16. The molecule has 0 spiro atoms. The molecule has 0 fully saturated rings. The van der Waals surface area contributed by atoms with Crippen LogP contribution < -0.4 is 10.6 Å². The molecule has 6 nitrogen and oxygen atoms in total. The van der Waals surface area contributed by atoms with Crippen LogP contribution >= 0.6 is 15.9 Å². The third-order valence-corrected chi connectivity index (χ3v) is 2.43. The van der Waals surface area contributed by atoms with Crippen molar-refractivity contribution in [3.8, 4) is 0 Å². The highest BCUT2D eigenvalue weighted by Gasteiger charge is 2.18. The highest BCUT2D eigenvalue weighted by molar-refractivity contribution is 9.10. The molecule has 3 N–H and O–H groups in total. The van der Waals surface area contributed by atoms with E-state index in [1.165, 1.54) is 12.1 Å². The summed E-state index contributed by atoms with van der Waals surface area (Å²) in [4.78, 5) is 22.6. The first kappa shape index (κ1) is 15.6. The van der Waals surface area contributed by atoms with Crippen molar-refractivity contribution >= 4 is 27.7 Å². The number of alkyl halides is 2. The number of rotatable bonds is 6. The van der Waals surface area contributed by atoms with Crippen LogP contribution in [-0.4, -0.2) is 42.5 Å². The molecule has 9 heteroatoms. The largest absolute Gasteiger partial charge is 0.444 e. The first-order chi connectivity index (χ1) is 8.90. The van der Waals surface area contributed by atoms with Gasteiger partial charge in [0.2, 0.25) is 5.91 Å². The minimum atomic E-state index is -2.93. The monoisotopic (exact) mass is 340 g/mol. The van der Waals surface area contributed by atoms with Crippen LogP contribution in [0.5, 0.6) is 0 Å². The lowest BCUT2D eigenvalue weighted by molar-refractivity contribution is -0.121. The number of carbonyl (C=O) groups is 2. The molecule has 1 rings (SSSR count). The van der Waals surface area contributed by atoms with Gasteiger partial charge in [-0.1, -0.05) is 0 Å². The molecule has 106 valence electrons. The maximum atomic E-state index is 11.9. The Balaban J connectivity index is 2.29. The van der Waals surface area contributed by atoms with Gasteiger partial charge in [0.25, 0.3) is 12.3 Å². The van der Waals surface area contributed by atoms with Crippen LogP contribution in [0.3, 0.4) is 0 Å². The predicted molar refractivity (Wildman–Crippen MR) is 63.8 cm³/mol. The fraction of sp³-hybridized carbons (Fsp3) is 0.400. The molecule has 0 aliphatic rings. The second kappa shape index (κ2) is 7.19. The van der Waals surface area contributed by atoms with Crippen LogP contribution in [0.25, 0.3) is 0 Å². The molecule has 0 saturated heterocycles. The predicted octanol–water partition coefficient (Wildman–Crippen LogP) is 0.514. The van der Waals surface area contributed by atoms with Crippen molar-refractivity contribution in [2.45, 2.75) is 12.5 Å². The van der Waals surface area contributed by atoms with Crippen molar-refractivity contribution < 1.29 is 27.9 Å². The van der Waals surface area contributed by atoms with E-state index in [0.29, 0.717) is 4.67 Å². The summed E-state index contributed by atoms with van der Waals surface area (Å²) < 4.78 is 29.2. The molecule has 1 heterocycles. The highest BCUT2D eigenvalue weighted by Crippen LogP contribution is 2.13. The molecule has 19 heavy (non-hydrogen) atoms. The molecule has 0 bridgehead atoms. The summed E-state index contributed by atoms with van der Waals surface area (Å²) in [7, 11) is 0. The smallest absolute Gasteiger partial charge is 0.287 e. The first-order valence-corrected chi connectivity index (χ1v) is 5.96. The Morgan fingerprint density at radius 2 is 2.05 bits per heavy atom. The lowest BCUT2D eigenvalue weighted by Crippen LogP contribution is -2.41. The molecule has 2 amide bonds. The van der Waals surface area contributed by atoms with E-state index in [-0.39, 0.29) is 5.76 Å². The summed E-state index contributed by atoms with van der Waals surface area (Å²) >= 11 is 3.01. The van der Waals surface area contributed by atoms with Crippen molar-refractivity contribution in [1.82, 2.24) is 10.6 Å². The number of nitrogens with one attached hydrogen (secondary N) is 2. The van der Waals surface area contributed by atoms with Crippen molar-refractivity contribution in [1.29, 1.82) is 0 Å². The Hall–Kier alpha value is -1.48. The molecule has 1 atom stereocenters. The zero-order chi connectivity index (χ0) is 14.4. The van der Waals surface area contributed by atoms with E-state index in [0.717, 1.165) is 0 Å². The number of aliphatic hydroxyl groups excluding tert-OH is 1. The average Bonchev–Trinajstić information content (AvgIpc) is 2.79. The minimum absolute atomic E-state index is 0.00675. The molecule has 0 saturated carbocycles. The Kier molecular flexibility index (Phi) is 5.90. The van der Waals surface area contributed by atoms with Crippen molar-refractivity contribution in [2.24, 2.45) is 0 Å². The number of carbonyl (C=O) groups excluding carboxylic acids is 2. The number of furan rings is 1. The van der Waals surface area contributed by atoms with Gasteiger partial charge >= 0.3 is 0 Å². The van der Waals surface area contributed by atoms with E-state index >= 15 is 0 Å². The van der Waals surface area contributed by atoms with Gasteiger partial charge in [-0.15, -0.1) is 0 Å². The van der Waals surface area contributed by atoms with Gasteiger partial charge in [0, 0.05) is 6.54 Å². The quantitative estimate of drug-likeness (QED) is 0.703. The lowest BCUT2D eigenvalue weighted by atomic mass is 10.3. The van der Waals surface area contributed by atoms with Gasteiger partial charge in [-0.25, -0.2) is 8.78 Å². The second-order valence-corrected chi connectivity index (χ2v) is 4.27. The molecule has 0 aliphatic carbocycles. The average molecular weight is 341 g/mol. The maximum absolute atomic E-state index is 11.9. The van der Waals surface area contributed by atoms with Crippen molar-refractivity contribution in [3.63, 3.8) is 0 Å². The van der Waals surface area contributed by atoms with Gasteiger partial charge in [-0.3, -0.25) is 9.59 Å². The van der Waals surface area contributed by atoms with Crippen molar-refractivity contribution in [3.05, 3.63) is 22.6 Å². The van der Waals surface area contributed by atoms with E-state index in [9.17, 15) is 18.4 Å². The molecule has 1 unspecified atom stereocenters. The summed E-state index contributed by atoms with van der Waals surface area (Å²) in [5.74, 6) is -1.30. The normalized spacial score (nSPS) is 12.3. The minimum Gasteiger partial charge on any atom is -0.444 e. The van der Waals surface area contributed by atoms with Gasteiger partial charge in [-0.2, -0.15) is 0 Å². The summed E-state index contributed by atoms with van der Waals surface area (Å²) in [6.45, 7) is -0.994. The third kappa shape index (κ3) is 5.35. The molecule has 0 aromatic carbocycles. The Labute approximate surface area is 115 Å². The Morgan fingerprint density at radius 3 is 2.58 bits per heavy atom. The highest BCUT2D eigenvalue weighted by atomic mass is 79.9. The summed E-state index contributed by atoms with van der Waals surface area (Å²) in [5, 5.41) is 13.0. The molecule has 0 radical (unpaired) electrons. The van der Waals surface area contributed by atoms with E-state index in [4.69, 9.17) is 9.52 Å². The maximum Gasteiger partial charge on any atom is 0.287 e. The zero-order valence-electron chi connectivity index (χ0n) is 9.53. The third-order valence-electron chi connectivity index (χ3n) is 2.01. The zero-order valence-corrected chi connectivity index (χ0v) is 11.1. The van der Waals surface area contributed by atoms with Gasteiger partial charge in [0.1, 0.15) is 6.10 Å². The fourth-order valence-electron chi connectivity index (χ4n) is 1.05. The number of hydrogen-bond donors (Lipinski definition) is 3. The van der Waals surface area contributed by atoms with Crippen LogP contribution in [0, 0.1) is 0 Å². The van der Waals surface area contributed by atoms with E-state index in [1.54, 1.807) is 0 Å². The molecule has 1 aromatic rings. The fourth-order valence-corrected chi connectivity index (χ4v) is 1.36. The van der Waals surface area contributed by atoms with E-state index < -0.39 is 37.4 Å². The van der Waals surface area contributed by atoms with Gasteiger partial charge < -0.3 is 20.2 Å². The van der Waals surface area contributed by atoms with Crippen LogP contribution in [-0.2, 0) is 4.79 Å². The Bertz CT molecular complexity index is 452. The van der Waals surface area contributed by atoms with Crippen LogP contribution in [0.4, 0.5) is 8.78 Å². The van der Waals surface area contributed by atoms with Crippen LogP contribution in [0.15, 0.2) is 21.2 Å². The summed E-state index contributed by atoms with van der Waals surface area (Å²) in [5.41, 5.74) is 0. The van der Waals surface area contributed by atoms with Crippen molar-refractivity contribution in [2.75, 3.05) is 13.1 Å². The van der Waals surface area contributed by atoms with Gasteiger partial charge in [-0.05, 0) is 28.1 Å². The standard InChI is InChI=1S/C10H11BrF2N2O4/c11-7-2-1-6(19-7)10(18)15-4-8(17)14-3-5(16)9(12)13/h1-2,5,9,16H,3-4H2,(H,14,17)(H,15,18). The molecular formula is C10H11BrF2N2O4. The van der Waals surface area contributed by atoms with Gasteiger partial charge in [0.05, 0.1) is 6.54 Å². The number of halogens is 3. The number of aliphatic hydroxyl groups is 1. The van der Waals surface area contributed by atoms with Crippen LogP contribution in [0.2, 0.25) is 0 Å². The van der Waals surface area contributed by atoms with Gasteiger partial charge in [0.15, 0.2) is 10.4 Å². The molecule has 1 aromatic heterocycles. The second-order valence-electron chi connectivity index (χ2n) is 3.49. The Morgan fingerprint density at radius 1 is 1.37 bits per heavy atom. The summed E-state index contributed by atoms with van der Waals surface area (Å²) in [6, 6.07) is 2.91.